The highest BCUT2D eigenvalue weighted by Crippen LogP contribution is 2.15. The lowest BCUT2D eigenvalue weighted by molar-refractivity contribution is 0.0600. The Morgan fingerprint density at radius 2 is 2.31 bits per heavy atom. The van der Waals surface area contributed by atoms with Gasteiger partial charge in [-0.15, -0.1) is 12.4 Å². The van der Waals surface area contributed by atoms with E-state index in [0.29, 0.717) is 5.56 Å². The molecule has 0 saturated carbocycles. The van der Waals surface area contributed by atoms with E-state index in [1.807, 2.05) is 6.07 Å². The number of carbonyl (C=O) groups excluding carboxylic acids is 1. The van der Waals surface area contributed by atoms with Crippen molar-refractivity contribution in [3.63, 3.8) is 0 Å². The van der Waals surface area contributed by atoms with Crippen LogP contribution in [0.3, 0.4) is 0 Å². The first kappa shape index (κ1) is 14.4. The van der Waals surface area contributed by atoms with Gasteiger partial charge in [0.1, 0.15) is 0 Å². The van der Waals surface area contributed by atoms with Crippen molar-refractivity contribution in [3.8, 4) is 6.07 Å². The normalized spacial score (nSPS) is 10.8. The SMILES string of the molecule is COC(=O)c1cccc([C@@H](N)CC#N)c1.Cl. The number of esters is 1. The Balaban J connectivity index is 0.00000225. The minimum Gasteiger partial charge on any atom is -0.465 e. The van der Waals surface area contributed by atoms with Crippen molar-refractivity contribution in [3.05, 3.63) is 35.4 Å². The average Bonchev–Trinajstić information content (AvgIpc) is 2.28. The molecule has 0 spiro atoms. The predicted octanol–water partition coefficient (Wildman–Crippen LogP) is 1.81. The van der Waals surface area contributed by atoms with E-state index in [0.717, 1.165) is 5.56 Å². The Labute approximate surface area is 100 Å². The zero-order chi connectivity index (χ0) is 11.3. The molecule has 5 heteroatoms. The Morgan fingerprint density at radius 3 is 2.88 bits per heavy atom. The zero-order valence-corrected chi connectivity index (χ0v) is 9.66. The summed E-state index contributed by atoms with van der Waals surface area (Å²) >= 11 is 0. The number of methoxy groups -OCH3 is 1. The third-order valence-electron chi connectivity index (χ3n) is 2.05. The lowest BCUT2D eigenvalue weighted by atomic mass is 10.0. The minimum atomic E-state index is -0.402. The molecule has 4 nitrogen and oxygen atoms in total. The summed E-state index contributed by atoms with van der Waals surface area (Å²) < 4.78 is 4.59. The van der Waals surface area contributed by atoms with E-state index in [1.54, 1.807) is 24.3 Å². The number of ether oxygens (including phenoxy) is 1. The van der Waals surface area contributed by atoms with Gasteiger partial charge in [-0.3, -0.25) is 0 Å². The fourth-order valence-electron chi connectivity index (χ4n) is 1.23. The molecule has 1 atom stereocenters. The molecule has 0 fully saturated rings. The van der Waals surface area contributed by atoms with Crippen molar-refractivity contribution in [1.29, 1.82) is 5.26 Å². The van der Waals surface area contributed by atoms with E-state index in [4.69, 9.17) is 11.0 Å². The average molecular weight is 241 g/mol. The van der Waals surface area contributed by atoms with Crippen LogP contribution in [0.25, 0.3) is 0 Å². The quantitative estimate of drug-likeness (QED) is 0.818. The van der Waals surface area contributed by atoms with Crippen LogP contribution in [0.4, 0.5) is 0 Å². The van der Waals surface area contributed by atoms with Gasteiger partial charge in [-0.2, -0.15) is 5.26 Å². The second kappa shape index (κ2) is 6.83. The van der Waals surface area contributed by atoms with Crippen LogP contribution in [0, 0.1) is 11.3 Å². The molecule has 2 N–H and O–H groups in total. The van der Waals surface area contributed by atoms with Crippen LogP contribution in [-0.4, -0.2) is 13.1 Å². The number of rotatable bonds is 3. The number of benzene rings is 1. The molecule has 0 radical (unpaired) electrons. The molecule has 0 aliphatic heterocycles. The Bertz CT molecular complexity index is 401. The summed E-state index contributed by atoms with van der Waals surface area (Å²) in [4.78, 5) is 11.2. The first-order valence-corrected chi connectivity index (χ1v) is 4.50. The van der Waals surface area contributed by atoms with Gasteiger partial charge in [0.25, 0.3) is 0 Å². The molecular formula is C11H13ClN2O2. The van der Waals surface area contributed by atoms with E-state index >= 15 is 0 Å². The van der Waals surface area contributed by atoms with Crippen LogP contribution in [-0.2, 0) is 4.74 Å². The van der Waals surface area contributed by atoms with Gasteiger partial charge >= 0.3 is 5.97 Å². The number of nitrogens with two attached hydrogens (primary N) is 1. The van der Waals surface area contributed by atoms with Crippen molar-refractivity contribution in [2.24, 2.45) is 5.73 Å². The van der Waals surface area contributed by atoms with Crippen molar-refractivity contribution >= 4 is 18.4 Å². The number of hydrogen-bond donors (Lipinski definition) is 1. The number of carbonyl (C=O) groups is 1. The second-order valence-electron chi connectivity index (χ2n) is 3.09. The largest absolute Gasteiger partial charge is 0.465 e. The molecule has 1 aromatic rings. The van der Waals surface area contributed by atoms with Gasteiger partial charge in [0.2, 0.25) is 0 Å². The van der Waals surface area contributed by atoms with Gasteiger partial charge in [-0.25, -0.2) is 4.79 Å². The molecule has 0 amide bonds. The van der Waals surface area contributed by atoms with Crippen LogP contribution in [0.1, 0.15) is 28.4 Å². The molecule has 1 rings (SSSR count). The van der Waals surface area contributed by atoms with Gasteiger partial charge in [0.15, 0.2) is 0 Å². The van der Waals surface area contributed by atoms with E-state index in [9.17, 15) is 4.79 Å². The summed E-state index contributed by atoms with van der Waals surface area (Å²) in [6.07, 6.45) is 0.227. The zero-order valence-electron chi connectivity index (χ0n) is 8.84. The molecule has 0 heterocycles. The molecule has 0 unspecified atom stereocenters. The molecule has 0 aliphatic rings. The Morgan fingerprint density at radius 1 is 1.62 bits per heavy atom. The molecule has 0 saturated heterocycles. The van der Waals surface area contributed by atoms with Crippen LogP contribution in [0.2, 0.25) is 0 Å². The topological polar surface area (TPSA) is 76.1 Å². The fraction of sp³-hybridized carbons (Fsp3) is 0.273. The molecule has 0 aliphatic carbocycles. The molecule has 16 heavy (non-hydrogen) atoms. The molecule has 0 aromatic heterocycles. The molecule has 86 valence electrons. The number of hydrogen-bond acceptors (Lipinski definition) is 4. The summed E-state index contributed by atoms with van der Waals surface area (Å²) in [5, 5.41) is 8.50. The summed E-state index contributed by atoms with van der Waals surface area (Å²) in [6, 6.07) is 8.43. The number of nitriles is 1. The third-order valence-corrected chi connectivity index (χ3v) is 2.05. The van der Waals surface area contributed by atoms with Gasteiger partial charge in [0.05, 0.1) is 25.2 Å². The highest BCUT2D eigenvalue weighted by Gasteiger charge is 2.09. The summed E-state index contributed by atoms with van der Waals surface area (Å²) in [5.41, 5.74) is 6.95. The standard InChI is InChI=1S/C11H12N2O2.ClH/c1-15-11(14)9-4-2-3-8(7-9)10(13)5-6-12;/h2-4,7,10H,5,13H2,1H3;1H/t10-;/m0./s1. The van der Waals surface area contributed by atoms with Gasteiger partial charge < -0.3 is 10.5 Å². The van der Waals surface area contributed by atoms with Crippen molar-refractivity contribution in [2.45, 2.75) is 12.5 Å². The first-order valence-electron chi connectivity index (χ1n) is 4.50. The lowest BCUT2D eigenvalue weighted by Gasteiger charge is -2.08. The van der Waals surface area contributed by atoms with Crippen molar-refractivity contribution < 1.29 is 9.53 Å². The Hall–Kier alpha value is -1.57. The maximum atomic E-state index is 11.2. The maximum absolute atomic E-state index is 11.2. The Kier molecular flexibility index (Phi) is 6.16. The van der Waals surface area contributed by atoms with Crippen LogP contribution in [0.15, 0.2) is 24.3 Å². The lowest BCUT2D eigenvalue weighted by Crippen LogP contribution is -2.10. The molecular weight excluding hydrogens is 228 g/mol. The van der Waals surface area contributed by atoms with Gasteiger partial charge in [-0.1, -0.05) is 12.1 Å². The van der Waals surface area contributed by atoms with E-state index < -0.39 is 5.97 Å². The second-order valence-corrected chi connectivity index (χ2v) is 3.09. The van der Waals surface area contributed by atoms with Gasteiger partial charge in [0, 0.05) is 6.04 Å². The van der Waals surface area contributed by atoms with E-state index in [1.165, 1.54) is 7.11 Å². The first-order chi connectivity index (χ1) is 7.19. The minimum absolute atomic E-state index is 0. The van der Waals surface area contributed by atoms with E-state index in [-0.39, 0.29) is 24.9 Å². The van der Waals surface area contributed by atoms with Crippen LogP contribution >= 0.6 is 12.4 Å². The fourth-order valence-corrected chi connectivity index (χ4v) is 1.23. The number of nitrogens with zero attached hydrogens (tertiary/aromatic N) is 1. The smallest absolute Gasteiger partial charge is 0.337 e. The summed E-state index contributed by atoms with van der Waals surface area (Å²) in [7, 11) is 1.32. The predicted molar refractivity (Wildman–Crippen MR) is 62.2 cm³/mol. The van der Waals surface area contributed by atoms with E-state index in [2.05, 4.69) is 4.74 Å². The van der Waals surface area contributed by atoms with Crippen molar-refractivity contribution in [1.82, 2.24) is 0 Å². The van der Waals surface area contributed by atoms with Crippen LogP contribution in [0.5, 0.6) is 0 Å². The molecule has 1 aromatic carbocycles. The number of halogens is 1. The van der Waals surface area contributed by atoms with Gasteiger partial charge in [-0.05, 0) is 17.7 Å². The monoisotopic (exact) mass is 240 g/mol. The highest BCUT2D eigenvalue weighted by molar-refractivity contribution is 5.89. The highest BCUT2D eigenvalue weighted by atomic mass is 35.5. The third kappa shape index (κ3) is 3.54. The maximum Gasteiger partial charge on any atom is 0.337 e. The summed E-state index contributed by atoms with van der Waals surface area (Å²) in [6.45, 7) is 0. The summed E-state index contributed by atoms with van der Waals surface area (Å²) in [5.74, 6) is -0.402. The van der Waals surface area contributed by atoms with Crippen molar-refractivity contribution in [2.75, 3.05) is 7.11 Å². The van der Waals surface area contributed by atoms with Crippen LogP contribution < -0.4 is 5.73 Å². The molecule has 0 bridgehead atoms.